The minimum absolute atomic E-state index is 0.112. The maximum atomic E-state index is 11.9. The predicted molar refractivity (Wildman–Crippen MR) is 115 cm³/mol. The number of ether oxygens (including phenoxy) is 1. The van der Waals surface area contributed by atoms with Crippen molar-refractivity contribution in [1.82, 2.24) is 19.7 Å². The Bertz CT molecular complexity index is 1270. The highest BCUT2D eigenvalue weighted by Gasteiger charge is 2.25. The average molecular weight is 416 g/mol. The Labute approximate surface area is 177 Å². The topological polar surface area (TPSA) is 96.9 Å². The third-order valence-corrected chi connectivity index (χ3v) is 5.65. The molecule has 9 heteroatoms. The number of hydrogen-bond acceptors (Lipinski definition) is 7. The average Bonchev–Trinajstić information content (AvgIpc) is 3.53. The summed E-state index contributed by atoms with van der Waals surface area (Å²) in [7, 11) is 0. The van der Waals surface area contributed by atoms with Crippen LogP contribution in [0.1, 0.15) is 16.1 Å². The summed E-state index contributed by atoms with van der Waals surface area (Å²) in [4.78, 5) is 23.2. The smallest absolute Gasteiger partial charge is 0.255 e. The number of nitrogens with zero attached hydrogens (tertiary/aromatic N) is 4. The van der Waals surface area contributed by atoms with Crippen LogP contribution in [-0.4, -0.2) is 46.6 Å². The van der Waals surface area contributed by atoms with Gasteiger partial charge in [0, 0.05) is 36.9 Å². The molecule has 1 amide bonds. The quantitative estimate of drug-likeness (QED) is 0.528. The molecule has 0 aliphatic carbocycles. The van der Waals surface area contributed by atoms with Crippen LogP contribution in [0, 0.1) is 0 Å². The van der Waals surface area contributed by atoms with Crippen LogP contribution in [0.5, 0.6) is 0 Å². The maximum Gasteiger partial charge on any atom is 0.255 e. The highest BCUT2D eigenvalue weighted by molar-refractivity contribution is 5.98. The molecule has 0 saturated carbocycles. The van der Waals surface area contributed by atoms with Crippen LogP contribution in [0.25, 0.3) is 17.1 Å². The lowest BCUT2D eigenvalue weighted by atomic mass is 10.2. The van der Waals surface area contributed by atoms with E-state index in [0.717, 1.165) is 37.7 Å². The minimum Gasteiger partial charge on any atom is -0.457 e. The molecular formula is C22H20N6O3. The van der Waals surface area contributed by atoms with Crippen molar-refractivity contribution in [2.24, 2.45) is 0 Å². The summed E-state index contributed by atoms with van der Waals surface area (Å²) >= 11 is 0. The molecule has 1 saturated heterocycles. The highest BCUT2D eigenvalue weighted by Crippen LogP contribution is 2.30. The Morgan fingerprint density at radius 3 is 2.74 bits per heavy atom. The summed E-state index contributed by atoms with van der Waals surface area (Å²) in [5.74, 6) is 1.77. The highest BCUT2D eigenvalue weighted by atomic mass is 16.5. The van der Waals surface area contributed by atoms with Crippen LogP contribution in [0.3, 0.4) is 0 Å². The SMILES string of the molecule is O=C1NCc2oc(-c3cnc(Nc4ccc(N5CCOCC5)cc4)c4nccn34)cc21. The molecule has 2 aliphatic heterocycles. The Balaban J connectivity index is 1.29. The maximum absolute atomic E-state index is 11.9. The van der Waals surface area contributed by atoms with Crippen molar-refractivity contribution in [2.45, 2.75) is 6.54 Å². The predicted octanol–water partition coefficient (Wildman–Crippen LogP) is 2.81. The number of anilines is 3. The number of amides is 1. The number of morpholine rings is 1. The molecule has 3 aromatic heterocycles. The van der Waals surface area contributed by atoms with Crippen LogP contribution >= 0.6 is 0 Å². The number of carbonyl (C=O) groups is 1. The fraction of sp³-hybridized carbons (Fsp3) is 0.227. The molecule has 0 bridgehead atoms. The van der Waals surface area contributed by atoms with Gasteiger partial charge >= 0.3 is 0 Å². The van der Waals surface area contributed by atoms with Gasteiger partial charge in [0.2, 0.25) is 0 Å². The van der Waals surface area contributed by atoms with Gasteiger partial charge in [-0.15, -0.1) is 0 Å². The van der Waals surface area contributed by atoms with Crippen molar-refractivity contribution < 1.29 is 13.9 Å². The third-order valence-electron chi connectivity index (χ3n) is 5.65. The van der Waals surface area contributed by atoms with Crippen molar-refractivity contribution in [3.05, 3.63) is 60.2 Å². The van der Waals surface area contributed by atoms with E-state index in [1.54, 1.807) is 18.5 Å². The van der Waals surface area contributed by atoms with E-state index in [-0.39, 0.29) is 5.91 Å². The summed E-state index contributed by atoms with van der Waals surface area (Å²) in [6, 6.07) is 10.0. The zero-order chi connectivity index (χ0) is 20.8. The number of hydrogen-bond donors (Lipinski definition) is 2. The van der Waals surface area contributed by atoms with Gasteiger partial charge in [0.1, 0.15) is 11.5 Å². The molecule has 0 atom stereocenters. The lowest BCUT2D eigenvalue weighted by molar-refractivity contribution is 0.0965. The second kappa shape index (κ2) is 7.13. The Morgan fingerprint density at radius 1 is 1.10 bits per heavy atom. The molecular weight excluding hydrogens is 396 g/mol. The van der Waals surface area contributed by atoms with Crippen molar-refractivity contribution in [3.63, 3.8) is 0 Å². The van der Waals surface area contributed by atoms with Gasteiger partial charge < -0.3 is 24.7 Å². The van der Waals surface area contributed by atoms with Gasteiger partial charge in [0.25, 0.3) is 5.91 Å². The fourth-order valence-corrected chi connectivity index (χ4v) is 4.04. The van der Waals surface area contributed by atoms with E-state index >= 15 is 0 Å². The summed E-state index contributed by atoms with van der Waals surface area (Å²) < 4.78 is 13.2. The van der Waals surface area contributed by atoms with E-state index in [1.165, 1.54) is 5.69 Å². The number of rotatable bonds is 4. The summed E-state index contributed by atoms with van der Waals surface area (Å²) in [6.45, 7) is 3.74. The second-order valence-corrected chi connectivity index (χ2v) is 7.51. The number of nitrogens with one attached hydrogen (secondary N) is 2. The monoisotopic (exact) mass is 416 g/mol. The van der Waals surface area contributed by atoms with Crippen molar-refractivity contribution in [1.29, 1.82) is 0 Å². The standard InChI is InChI=1S/C22H20N6O3/c29-22-16-11-18(31-19(16)13-25-22)17-12-24-20(21-23-5-6-28(17)21)26-14-1-3-15(4-2-14)27-7-9-30-10-8-27/h1-6,11-12H,7-10,13H2,(H,24,26)(H,25,29). The number of carbonyl (C=O) groups excluding carboxylic acids is 1. The number of benzene rings is 1. The summed E-state index contributed by atoms with van der Waals surface area (Å²) in [5, 5.41) is 6.11. The van der Waals surface area contributed by atoms with E-state index in [4.69, 9.17) is 9.15 Å². The number of aromatic nitrogens is 3. The van der Waals surface area contributed by atoms with Gasteiger partial charge in [-0.2, -0.15) is 0 Å². The van der Waals surface area contributed by atoms with E-state index in [2.05, 4.69) is 37.6 Å². The van der Waals surface area contributed by atoms with E-state index < -0.39 is 0 Å². The van der Waals surface area contributed by atoms with Gasteiger partial charge in [-0.3, -0.25) is 9.20 Å². The molecule has 1 fully saturated rings. The summed E-state index contributed by atoms with van der Waals surface area (Å²) in [5.41, 5.74) is 4.10. The molecule has 4 aromatic rings. The molecule has 1 aromatic carbocycles. The number of imidazole rings is 1. The molecule has 31 heavy (non-hydrogen) atoms. The molecule has 5 heterocycles. The Kier molecular flexibility index (Phi) is 4.13. The van der Waals surface area contributed by atoms with E-state index in [1.807, 2.05) is 22.7 Å². The Morgan fingerprint density at radius 2 is 1.94 bits per heavy atom. The number of furan rings is 1. The Hall–Kier alpha value is -3.85. The van der Waals surface area contributed by atoms with Crippen molar-refractivity contribution in [3.8, 4) is 11.5 Å². The lowest BCUT2D eigenvalue weighted by Gasteiger charge is -2.28. The zero-order valence-electron chi connectivity index (χ0n) is 16.7. The molecule has 2 N–H and O–H groups in total. The minimum atomic E-state index is -0.112. The third kappa shape index (κ3) is 3.10. The van der Waals surface area contributed by atoms with Gasteiger partial charge in [0.15, 0.2) is 17.2 Å². The number of fused-ring (bicyclic) bond motifs is 2. The van der Waals surface area contributed by atoms with Crippen LogP contribution in [0.4, 0.5) is 17.2 Å². The van der Waals surface area contributed by atoms with Gasteiger partial charge in [-0.05, 0) is 30.3 Å². The van der Waals surface area contributed by atoms with Crippen LogP contribution < -0.4 is 15.5 Å². The summed E-state index contributed by atoms with van der Waals surface area (Å²) in [6.07, 6.45) is 5.30. The van der Waals surface area contributed by atoms with Crippen LogP contribution in [0.15, 0.2) is 53.3 Å². The molecule has 0 radical (unpaired) electrons. The first-order chi connectivity index (χ1) is 15.3. The molecule has 6 rings (SSSR count). The molecule has 2 aliphatic rings. The van der Waals surface area contributed by atoms with Crippen molar-refractivity contribution >= 4 is 28.7 Å². The van der Waals surface area contributed by atoms with E-state index in [0.29, 0.717) is 35.1 Å². The fourth-order valence-electron chi connectivity index (χ4n) is 4.04. The van der Waals surface area contributed by atoms with Crippen LogP contribution in [-0.2, 0) is 11.3 Å². The zero-order valence-corrected chi connectivity index (χ0v) is 16.7. The molecule has 0 unspecified atom stereocenters. The first kappa shape index (κ1) is 18.0. The normalized spacial score (nSPS) is 15.9. The van der Waals surface area contributed by atoms with Gasteiger partial charge in [-0.25, -0.2) is 9.97 Å². The largest absolute Gasteiger partial charge is 0.457 e. The molecule has 0 spiro atoms. The van der Waals surface area contributed by atoms with Gasteiger partial charge in [0.05, 0.1) is 31.5 Å². The van der Waals surface area contributed by atoms with Crippen molar-refractivity contribution in [2.75, 3.05) is 36.5 Å². The lowest BCUT2D eigenvalue weighted by Crippen LogP contribution is -2.36. The van der Waals surface area contributed by atoms with Crippen LogP contribution in [0.2, 0.25) is 0 Å². The first-order valence-electron chi connectivity index (χ1n) is 10.2. The molecule has 9 nitrogen and oxygen atoms in total. The molecule has 156 valence electrons. The van der Waals surface area contributed by atoms with Gasteiger partial charge in [-0.1, -0.05) is 0 Å². The first-order valence-corrected chi connectivity index (χ1v) is 10.2. The van der Waals surface area contributed by atoms with E-state index in [9.17, 15) is 4.79 Å². The second-order valence-electron chi connectivity index (χ2n) is 7.51.